The number of aryl methyl sites for hydroxylation is 1. The molecule has 0 spiro atoms. The van der Waals surface area contributed by atoms with Gasteiger partial charge in [0.1, 0.15) is 0 Å². The van der Waals surface area contributed by atoms with E-state index < -0.39 is 0 Å². The Balaban J connectivity index is 2.86. The minimum Gasteiger partial charge on any atom is -0.123 e. The number of rotatable bonds is 2. The van der Waals surface area contributed by atoms with Gasteiger partial charge in [-0.05, 0) is 30.7 Å². The lowest BCUT2D eigenvalue weighted by Gasteiger charge is -2.07. The topological polar surface area (TPSA) is 0 Å². The Labute approximate surface area is 83.3 Å². The third-order valence-corrected chi connectivity index (χ3v) is 2.92. The lowest BCUT2D eigenvalue weighted by Crippen LogP contribution is -1.88. The van der Waals surface area contributed by atoms with Crippen LogP contribution in [0, 0.1) is 6.92 Å². The molecule has 1 rings (SSSR count). The zero-order chi connectivity index (χ0) is 9.14. The van der Waals surface area contributed by atoms with E-state index in [-0.39, 0.29) is 0 Å². The Kier molecular flexibility index (Phi) is 3.48. The van der Waals surface area contributed by atoms with Gasteiger partial charge >= 0.3 is 0 Å². The highest BCUT2D eigenvalue weighted by Crippen LogP contribution is 2.27. The lowest BCUT2D eigenvalue weighted by atomic mass is 10.2. The summed E-state index contributed by atoms with van der Waals surface area (Å²) < 4.78 is 0. The quantitative estimate of drug-likeness (QED) is 0.647. The molecular weight excluding hydrogens is 188 g/mol. The van der Waals surface area contributed by atoms with Crippen molar-refractivity contribution in [2.75, 3.05) is 0 Å². The molecule has 0 aliphatic rings. The van der Waals surface area contributed by atoms with Crippen LogP contribution >= 0.6 is 23.4 Å². The van der Waals surface area contributed by atoms with E-state index in [0.29, 0.717) is 5.25 Å². The van der Waals surface area contributed by atoms with Gasteiger partial charge in [0.15, 0.2) is 0 Å². The highest BCUT2D eigenvalue weighted by atomic mass is 35.5. The number of thioether (sulfide) groups is 1. The maximum Gasteiger partial charge on any atom is 0.0409 e. The van der Waals surface area contributed by atoms with Crippen LogP contribution in [0.3, 0.4) is 0 Å². The zero-order valence-electron chi connectivity index (χ0n) is 7.60. The number of hydrogen-bond donors (Lipinski definition) is 0. The largest absolute Gasteiger partial charge is 0.123 e. The van der Waals surface area contributed by atoms with E-state index in [1.54, 1.807) is 0 Å². The third kappa shape index (κ3) is 2.72. The molecule has 0 atom stereocenters. The first-order valence-corrected chi connectivity index (χ1v) is 5.28. The van der Waals surface area contributed by atoms with E-state index in [4.69, 9.17) is 11.6 Å². The van der Waals surface area contributed by atoms with Crippen LogP contribution in [0.2, 0.25) is 5.02 Å². The number of benzene rings is 1. The van der Waals surface area contributed by atoms with Crippen LogP contribution < -0.4 is 0 Å². The van der Waals surface area contributed by atoms with Crippen molar-refractivity contribution >= 4 is 23.4 Å². The van der Waals surface area contributed by atoms with Gasteiger partial charge in [0.25, 0.3) is 0 Å². The van der Waals surface area contributed by atoms with E-state index in [2.05, 4.69) is 26.8 Å². The average molecular weight is 201 g/mol. The van der Waals surface area contributed by atoms with Gasteiger partial charge in [0.2, 0.25) is 0 Å². The minimum absolute atomic E-state index is 0.630. The van der Waals surface area contributed by atoms with Crippen molar-refractivity contribution in [3.8, 4) is 0 Å². The van der Waals surface area contributed by atoms with Crippen LogP contribution in [0.4, 0.5) is 0 Å². The Morgan fingerprint density at radius 1 is 1.33 bits per heavy atom. The summed E-state index contributed by atoms with van der Waals surface area (Å²) in [5, 5.41) is 1.45. The molecule has 0 bridgehead atoms. The van der Waals surface area contributed by atoms with Crippen molar-refractivity contribution < 1.29 is 0 Å². The summed E-state index contributed by atoms with van der Waals surface area (Å²) in [6.07, 6.45) is 0. The average Bonchev–Trinajstić information content (AvgIpc) is 1.94. The molecule has 1 aromatic rings. The van der Waals surface area contributed by atoms with Gasteiger partial charge in [-0.1, -0.05) is 25.4 Å². The van der Waals surface area contributed by atoms with Crippen LogP contribution in [-0.2, 0) is 0 Å². The molecule has 66 valence electrons. The normalized spacial score (nSPS) is 10.8. The van der Waals surface area contributed by atoms with Gasteiger partial charge in [-0.15, -0.1) is 11.8 Å². The summed E-state index contributed by atoms with van der Waals surface area (Å²) in [6, 6.07) is 6.04. The molecule has 0 nitrogen and oxygen atoms in total. The van der Waals surface area contributed by atoms with E-state index in [1.807, 2.05) is 23.9 Å². The molecule has 0 unspecified atom stereocenters. The summed E-state index contributed by atoms with van der Waals surface area (Å²) in [5.41, 5.74) is 1.27. The molecule has 0 radical (unpaired) electrons. The van der Waals surface area contributed by atoms with E-state index in [1.165, 1.54) is 10.5 Å². The number of hydrogen-bond acceptors (Lipinski definition) is 1. The summed E-state index contributed by atoms with van der Waals surface area (Å²) in [4.78, 5) is 1.33. The van der Waals surface area contributed by atoms with Crippen LogP contribution in [-0.4, -0.2) is 5.25 Å². The van der Waals surface area contributed by atoms with Gasteiger partial charge in [-0.3, -0.25) is 0 Å². The monoisotopic (exact) mass is 200 g/mol. The first-order chi connectivity index (χ1) is 5.59. The maximum absolute atomic E-state index is 5.84. The van der Waals surface area contributed by atoms with E-state index >= 15 is 0 Å². The molecule has 0 amide bonds. The van der Waals surface area contributed by atoms with E-state index in [9.17, 15) is 0 Å². The lowest BCUT2D eigenvalue weighted by molar-refractivity contribution is 1.10. The Morgan fingerprint density at radius 3 is 2.50 bits per heavy atom. The van der Waals surface area contributed by atoms with Crippen LogP contribution in [0.5, 0.6) is 0 Å². The Bertz CT molecular complexity index is 269. The summed E-state index contributed by atoms with van der Waals surface area (Å²) in [7, 11) is 0. The van der Waals surface area contributed by atoms with Crippen LogP contribution in [0.15, 0.2) is 23.1 Å². The summed E-state index contributed by atoms with van der Waals surface area (Å²) >= 11 is 7.72. The smallest absolute Gasteiger partial charge is 0.0409 e. The highest BCUT2D eigenvalue weighted by molar-refractivity contribution is 8.00. The molecule has 0 fully saturated rings. The molecule has 2 heteroatoms. The molecule has 0 heterocycles. The predicted octanol–water partition coefficient (Wildman–Crippen LogP) is 4.15. The first kappa shape index (κ1) is 9.94. The fourth-order valence-corrected chi connectivity index (χ4v) is 2.12. The molecule has 0 saturated heterocycles. The van der Waals surface area contributed by atoms with Gasteiger partial charge in [-0.2, -0.15) is 0 Å². The Hall–Kier alpha value is -0.140. The molecule has 0 aliphatic carbocycles. The van der Waals surface area contributed by atoms with Crippen molar-refractivity contribution in [3.05, 3.63) is 28.8 Å². The molecule has 12 heavy (non-hydrogen) atoms. The predicted molar refractivity (Wildman–Crippen MR) is 57.2 cm³/mol. The molecule has 0 aromatic heterocycles. The first-order valence-electron chi connectivity index (χ1n) is 4.02. The van der Waals surface area contributed by atoms with Crippen molar-refractivity contribution in [2.45, 2.75) is 30.9 Å². The standard InChI is InChI=1S/C10H13ClS/c1-7(2)12-10-5-4-9(11)6-8(10)3/h4-7H,1-3H3. The van der Waals surface area contributed by atoms with Crippen molar-refractivity contribution in [3.63, 3.8) is 0 Å². The molecule has 0 saturated carbocycles. The molecule has 1 aromatic carbocycles. The number of halogens is 1. The van der Waals surface area contributed by atoms with Gasteiger partial charge in [0, 0.05) is 15.2 Å². The third-order valence-electron chi connectivity index (χ3n) is 1.50. The van der Waals surface area contributed by atoms with Gasteiger partial charge in [-0.25, -0.2) is 0 Å². The second-order valence-corrected chi connectivity index (χ2v) is 5.13. The minimum atomic E-state index is 0.630. The zero-order valence-corrected chi connectivity index (χ0v) is 9.17. The van der Waals surface area contributed by atoms with Crippen LogP contribution in [0.25, 0.3) is 0 Å². The molecule has 0 N–H and O–H groups in total. The van der Waals surface area contributed by atoms with Crippen molar-refractivity contribution in [2.24, 2.45) is 0 Å². The SMILES string of the molecule is Cc1cc(Cl)ccc1SC(C)C. The molecule has 0 aliphatic heterocycles. The van der Waals surface area contributed by atoms with Crippen molar-refractivity contribution in [1.29, 1.82) is 0 Å². The van der Waals surface area contributed by atoms with Crippen molar-refractivity contribution in [1.82, 2.24) is 0 Å². The highest BCUT2D eigenvalue weighted by Gasteiger charge is 2.01. The summed E-state index contributed by atoms with van der Waals surface area (Å²) in [5.74, 6) is 0. The second kappa shape index (κ2) is 4.20. The van der Waals surface area contributed by atoms with Gasteiger partial charge in [0.05, 0.1) is 0 Å². The molecular formula is C10H13ClS. The summed E-state index contributed by atoms with van der Waals surface area (Å²) in [6.45, 7) is 6.48. The maximum atomic E-state index is 5.84. The van der Waals surface area contributed by atoms with Gasteiger partial charge < -0.3 is 0 Å². The fraction of sp³-hybridized carbons (Fsp3) is 0.400. The van der Waals surface area contributed by atoms with Crippen LogP contribution in [0.1, 0.15) is 19.4 Å². The second-order valence-electron chi connectivity index (χ2n) is 3.08. The van der Waals surface area contributed by atoms with E-state index in [0.717, 1.165) is 5.02 Å². The Morgan fingerprint density at radius 2 is 2.00 bits per heavy atom. The fourth-order valence-electron chi connectivity index (χ4n) is 0.999.